The Balaban J connectivity index is 2.24. The number of amides is 1. The lowest BCUT2D eigenvalue weighted by Gasteiger charge is -2.18. The Morgan fingerprint density at radius 3 is 2.16 bits per heavy atom. The van der Waals surface area contributed by atoms with Crippen LogP contribution in [0.3, 0.4) is 0 Å². The summed E-state index contributed by atoms with van der Waals surface area (Å²) in [5, 5.41) is 7.25. The molecule has 0 saturated heterocycles. The fourth-order valence-electron chi connectivity index (χ4n) is 3.40. The van der Waals surface area contributed by atoms with Crippen molar-refractivity contribution in [2.45, 2.75) is 53.5 Å². The second-order valence-corrected chi connectivity index (χ2v) is 9.30. The maximum atomic E-state index is 12.9. The molecule has 0 fully saturated rings. The minimum Gasteiger partial charge on any atom is -0.465 e. The molecule has 2 N–H and O–H groups in total. The topological polar surface area (TPSA) is 70.7 Å². The van der Waals surface area contributed by atoms with Gasteiger partial charge in [0.05, 0.1) is 23.6 Å². The fourth-order valence-corrected chi connectivity index (χ4v) is 4.91. The molecule has 8 heteroatoms. The number of hydrogen-bond donors (Lipinski definition) is 2. The summed E-state index contributed by atoms with van der Waals surface area (Å²) in [5.74, 6) is -0.129. The van der Waals surface area contributed by atoms with E-state index in [4.69, 9.17) is 17.0 Å². The number of thiophene rings is 1. The van der Waals surface area contributed by atoms with Gasteiger partial charge in [0.1, 0.15) is 5.00 Å². The van der Waals surface area contributed by atoms with Crippen molar-refractivity contribution in [2.24, 2.45) is 0 Å². The van der Waals surface area contributed by atoms with Crippen LogP contribution in [-0.2, 0) is 4.74 Å². The zero-order chi connectivity index (χ0) is 24.0. The van der Waals surface area contributed by atoms with Crippen molar-refractivity contribution in [3.8, 4) is 0 Å². The van der Waals surface area contributed by atoms with Crippen LogP contribution < -0.4 is 10.6 Å². The zero-order valence-electron chi connectivity index (χ0n) is 19.9. The molecule has 32 heavy (non-hydrogen) atoms. The molecule has 0 spiro atoms. The number of carbonyl (C=O) groups excluding carboxylic acids is 2. The maximum absolute atomic E-state index is 12.9. The Bertz CT molecular complexity index is 964. The van der Waals surface area contributed by atoms with Gasteiger partial charge in [0.25, 0.3) is 5.91 Å². The third-order valence-corrected chi connectivity index (χ3v) is 6.87. The first-order chi connectivity index (χ1) is 15.1. The molecular weight excluding hydrogens is 442 g/mol. The third-order valence-electron chi connectivity index (χ3n) is 5.46. The fraction of sp³-hybridized carbons (Fsp3) is 0.458. The summed E-state index contributed by atoms with van der Waals surface area (Å²) >= 11 is 6.74. The van der Waals surface area contributed by atoms with Crippen molar-refractivity contribution in [1.82, 2.24) is 10.2 Å². The van der Waals surface area contributed by atoms with Crippen LogP contribution in [0.4, 0.5) is 5.00 Å². The van der Waals surface area contributed by atoms with Crippen molar-refractivity contribution in [3.63, 3.8) is 0 Å². The lowest BCUT2D eigenvalue weighted by atomic mass is 10.00. The Labute approximate surface area is 200 Å². The Kier molecular flexibility index (Phi) is 9.21. The first-order valence-corrected chi connectivity index (χ1v) is 12.0. The van der Waals surface area contributed by atoms with Crippen LogP contribution in [0.25, 0.3) is 0 Å². The summed E-state index contributed by atoms with van der Waals surface area (Å²) in [7, 11) is 1.33. The lowest BCUT2D eigenvalue weighted by Crippen LogP contribution is -2.31. The highest BCUT2D eigenvalue weighted by atomic mass is 32.1. The molecular formula is C24H33N3O3S2. The zero-order valence-corrected chi connectivity index (χ0v) is 21.5. The van der Waals surface area contributed by atoms with Gasteiger partial charge in [0.15, 0.2) is 5.11 Å². The van der Waals surface area contributed by atoms with Crippen LogP contribution in [0.2, 0.25) is 0 Å². The van der Waals surface area contributed by atoms with Gasteiger partial charge in [-0.1, -0.05) is 38.1 Å². The van der Waals surface area contributed by atoms with E-state index in [9.17, 15) is 9.59 Å². The summed E-state index contributed by atoms with van der Waals surface area (Å²) in [5.41, 5.74) is 3.32. The average molecular weight is 476 g/mol. The number of nitrogens with one attached hydrogen (secondary N) is 2. The Morgan fingerprint density at radius 2 is 1.66 bits per heavy atom. The number of benzene rings is 1. The quantitative estimate of drug-likeness (QED) is 0.388. The van der Waals surface area contributed by atoms with E-state index in [0.717, 1.165) is 5.56 Å². The lowest BCUT2D eigenvalue weighted by molar-refractivity contribution is 0.0601. The highest BCUT2D eigenvalue weighted by Crippen LogP contribution is 2.34. The summed E-state index contributed by atoms with van der Waals surface area (Å²) in [6.45, 7) is 13.2. The minimum atomic E-state index is -0.500. The minimum absolute atomic E-state index is 0.0318. The monoisotopic (exact) mass is 475 g/mol. The molecule has 0 saturated carbocycles. The molecule has 0 bridgehead atoms. The number of hydrogen-bond acceptors (Lipinski definition) is 5. The molecule has 2 aromatic rings. The largest absolute Gasteiger partial charge is 0.465 e. The van der Waals surface area contributed by atoms with Crippen molar-refractivity contribution in [2.75, 3.05) is 25.5 Å². The normalized spacial score (nSPS) is 11.8. The SMILES string of the molecule is CCN(CC)C(=O)c1sc(NC(=S)NC(C)c2ccc(C(C)C)cc2)c(C(=O)OC)c1C. The number of ether oxygens (including phenoxy) is 1. The van der Waals surface area contributed by atoms with Crippen LogP contribution in [0.15, 0.2) is 24.3 Å². The van der Waals surface area contributed by atoms with Crippen molar-refractivity contribution in [3.05, 3.63) is 51.4 Å². The molecule has 0 aliphatic heterocycles. The van der Waals surface area contributed by atoms with E-state index < -0.39 is 5.97 Å². The molecule has 1 amide bonds. The van der Waals surface area contributed by atoms with Crippen LogP contribution in [-0.4, -0.2) is 42.1 Å². The first-order valence-electron chi connectivity index (χ1n) is 10.8. The molecule has 0 aliphatic rings. The van der Waals surface area contributed by atoms with Crippen molar-refractivity contribution in [1.29, 1.82) is 0 Å². The molecule has 174 valence electrons. The van der Waals surface area contributed by atoms with Crippen molar-refractivity contribution < 1.29 is 14.3 Å². The third kappa shape index (κ3) is 5.86. The van der Waals surface area contributed by atoms with Crippen LogP contribution in [0.1, 0.15) is 83.3 Å². The molecule has 1 aromatic carbocycles. The van der Waals surface area contributed by atoms with Gasteiger partial charge in [-0.25, -0.2) is 4.79 Å². The van der Waals surface area contributed by atoms with Gasteiger partial charge < -0.3 is 20.3 Å². The summed E-state index contributed by atoms with van der Waals surface area (Å²) in [6.07, 6.45) is 0. The second kappa shape index (κ2) is 11.4. The highest BCUT2D eigenvalue weighted by molar-refractivity contribution is 7.80. The number of rotatable bonds is 8. The summed E-state index contributed by atoms with van der Waals surface area (Å²) < 4.78 is 4.97. The molecule has 0 aliphatic carbocycles. The van der Waals surface area contributed by atoms with Gasteiger partial charge in [0.2, 0.25) is 0 Å². The van der Waals surface area contributed by atoms with Crippen LogP contribution in [0.5, 0.6) is 0 Å². The molecule has 6 nitrogen and oxygen atoms in total. The number of thiocarbonyl (C=S) groups is 1. The van der Waals surface area contributed by atoms with E-state index in [0.29, 0.717) is 45.1 Å². The smallest absolute Gasteiger partial charge is 0.341 e. The molecule has 0 radical (unpaired) electrons. The standard InChI is InChI=1S/C24H33N3O3S2/c1-8-27(9-2)22(28)20-15(5)19(23(29)30-7)21(32-20)26-24(31)25-16(6)18-12-10-17(11-13-18)14(3)4/h10-14,16H,8-9H2,1-7H3,(H2,25,26,31). The number of methoxy groups -OCH3 is 1. The molecule has 1 unspecified atom stereocenters. The second-order valence-electron chi connectivity index (χ2n) is 7.87. The Morgan fingerprint density at radius 1 is 1.09 bits per heavy atom. The van der Waals surface area contributed by atoms with Crippen LogP contribution >= 0.6 is 23.6 Å². The molecule has 1 heterocycles. The van der Waals surface area contributed by atoms with Crippen molar-refractivity contribution >= 4 is 45.5 Å². The predicted octanol–water partition coefficient (Wildman–Crippen LogP) is 5.50. The summed E-state index contributed by atoms with van der Waals surface area (Å²) in [6, 6.07) is 8.39. The average Bonchev–Trinajstić information content (AvgIpc) is 3.09. The molecule has 2 rings (SSSR count). The van der Waals surface area contributed by atoms with Gasteiger partial charge in [-0.3, -0.25) is 4.79 Å². The van der Waals surface area contributed by atoms with Gasteiger partial charge in [0, 0.05) is 13.1 Å². The predicted molar refractivity (Wildman–Crippen MR) is 136 cm³/mol. The summed E-state index contributed by atoms with van der Waals surface area (Å²) in [4.78, 5) is 27.6. The van der Waals surface area contributed by atoms with E-state index in [2.05, 4.69) is 48.7 Å². The van der Waals surface area contributed by atoms with Gasteiger partial charge in [-0.05, 0) is 62.5 Å². The molecule has 1 atom stereocenters. The number of carbonyl (C=O) groups is 2. The van der Waals surface area contributed by atoms with E-state index in [1.165, 1.54) is 24.0 Å². The number of anilines is 1. The highest BCUT2D eigenvalue weighted by Gasteiger charge is 2.27. The van der Waals surface area contributed by atoms with Gasteiger partial charge in [-0.15, -0.1) is 11.3 Å². The van der Waals surface area contributed by atoms with Gasteiger partial charge in [-0.2, -0.15) is 0 Å². The van der Waals surface area contributed by atoms with E-state index in [1.54, 1.807) is 11.8 Å². The molecule has 1 aromatic heterocycles. The van der Waals surface area contributed by atoms with Crippen LogP contribution in [0, 0.1) is 6.92 Å². The number of esters is 1. The first kappa shape index (κ1) is 25.8. The van der Waals surface area contributed by atoms with E-state index in [1.807, 2.05) is 20.8 Å². The van der Waals surface area contributed by atoms with E-state index >= 15 is 0 Å². The number of nitrogens with zero attached hydrogens (tertiary/aromatic N) is 1. The Hall–Kier alpha value is -2.45. The maximum Gasteiger partial charge on any atom is 0.341 e. The van der Waals surface area contributed by atoms with E-state index in [-0.39, 0.29) is 11.9 Å². The van der Waals surface area contributed by atoms with Gasteiger partial charge >= 0.3 is 5.97 Å².